The lowest BCUT2D eigenvalue weighted by Gasteiger charge is -2.23. The summed E-state index contributed by atoms with van der Waals surface area (Å²) in [4.78, 5) is 26.8. The van der Waals surface area contributed by atoms with Gasteiger partial charge in [0.2, 0.25) is 5.69 Å². The van der Waals surface area contributed by atoms with E-state index in [2.05, 4.69) is 5.10 Å². The van der Waals surface area contributed by atoms with Crippen molar-refractivity contribution < 1.29 is 23.5 Å². The van der Waals surface area contributed by atoms with Gasteiger partial charge in [0.25, 0.3) is 5.91 Å². The molecule has 0 bridgehead atoms. The number of hydrogen-bond donors (Lipinski definition) is 0. The molecule has 0 radical (unpaired) electrons. The number of hydrogen-bond acceptors (Lipinski definition) is 6. The minimum absolute atomic E-state index is 0.0153. The van der Waals surface area contributed by atoms with Crippen molar-refractivity contribution in [2.24, 2.45) is 0 Å². The van der Waals surface area contributed by atoms with Gasteiger partial charge in [0.15, 0.2) is 12.4 Å². The Morgan fingerprint density at radius 3 is 2.58 bits per heavy atom. The van der Waals surface area contributed by atoms with Gasteiger partial charge in [-0.1, -0.05) is 36.4 Å². The predicted octanol–water partition coefficient (Wildman–Crippen LogP) is 4.39. The molecule has 0 N–H and O–H groups in total. The molecule has 1 amide bonds. The fraction of sp³-hybridized carbons (Fsp3) is 0.240. The van der Waals surface area contributed by atoms with Gasteiger partial charge in [0.05, 0.1) is 24.5 Å². The number of likely N-dealkylation sites (N-methyl/N-ethyl adjacent to an activating group) is 1. The first kappa shape index (κ1) is 22.1. The summed E-state index contributed by atoms with van der Waals surface area (Å²) in [5, 5.41) is 5.28. The fourth-order valence-electron chi connectivity index (χ4n) is 3.37. The lowest BCUT2D eigenvalue weighted by atomic mass is 10.2. The Morgan fingerprint density at radius 2 is 1.85 bits per heavy atom. The van der Waals surface area contributed by atoms with E-state index in [-0.39, 0.29) is 36.6 Å². The van der Waals surface area contributed by atoms with Crippen molar-refractivity contribution in [3.8, 4) is 11.4 Å². The molecule has 0 saturated heterocycles. The normalized spacial score (nSPS) is 11.8. The summed E-state index contributed by atoms with van der Waals surface area (Å²) < 4.78 is 18.2. The van der Waals surface area contributed by atoms with Gasteiger partial charge < -0.3 is 18.8 Å². The average Bonchev–Trinajstić information content (AvgIpc) is 3.47. The number of amides is 1. The molecule has 170 valence electrons. The van der Waals surface area contributed by atoms with Crippen LogP contribution in [0.5, 0.6) is 5.75 Å². The molecule has 33 heavy (non-hydrogen) atoms. The first-order valence-corrected chi connectivity index (χ1v) is 10.7. The molecule has 1 unspecified atom stereocenters. The van der Waals surface area contributed by atoms with E-state index in [0.29, 0.717) is 5.76 Å². The van der Waals surface area contributed by atoms with Crippen LogP contribution < -0.4 is 4.74 Å². The number of aromatic nitrogens is 2. The molecule has 0 spiro atoms. The molecule has 8 heteroatoms. The summed E-state index contributed by atoms with van der Waals surface area (Å²) >= 11 is 0. The molecular formula is C25H25N3O5. The standard InChI is InChI=1S/C25H25N3O5/c1-4-31-25(30)24-22(15-28(26-24)19-11-6-5-7-12-19)32-16-23(29)27(3)17(2)21-14-18-10-8-9-13-20(18)33-21/h5-15,17H,4,16H2,1-3H3. The SMILES string of the molecule is CCOC(=O)c1nn(-c2ccccc2)cc1OCC(=O)N(C)C(C)c1cc2ccccc2o1. The predicted molar refractivity (Wildman–Crippen MR) is 122 cm³/mol. The van der Waals surface area contributed by atoms with Gasteiger partial charge in [0, 0.05) is 12.4 Å². The number of esters is 1. The number of ether oxygens (including phenoxy) is 2. The van der Waals surface area contributed by atoms with Crippen LogP contribution in [0, 0.1) is 0 Å². The highest BCUT2D eigenvalue weighted by molar-refractivity contribution is 5.90. The molecule has 4 aromatic rings. The second-order valence-corrected chi connectivity index (χ2v) is 7.50. The Hall–Kier alpha value is -4.07. The fourth-order valence-corrected chi connectivity index (χ4v) is 3.37. The average molecular weight is 447 g/mol. The van der Waals surface area contributed by atoms with Crippen LogP contribution >= 0.6 is 0 Å². The lowest BCUT2D eigenvalue weighted by molar-refractivity contribution is -0.134. The van der Waals surface area contributed by atoms with E-state index >= 15 is 0 Å². The Balaban J connectivity index is 1.49. The van der Waals surface area contributed by atoms with Crippen molar-refractivity contribution in [1.29, 1.82) is 0 Å². The second kappa shape index (κ2) is 9.60. The van der Waals surface area contributed by atoms with Crippen molar-refractivity contribution in [3.05, 3.63) is 78.3 Å². The van der Waals surface area contributed by atoms with Crippen molar-refractivity contribution in [3.63, 3.8) is 0 Å². The minimum Gasteiger partial charge on any atom is -0.480 e. The number of benzene rings is 2. The third-order valence-corrected chi connectivity index (χ3v) is 5.35. The van der Waals surface area contributed by atoms with E-state index in [4.69, 9.17) is 13.9 Å². The maximum atomic E-state index is 12.8. The Kier molecular flexibility index (Phi) is 6.44. The molecular weight excluding hydrogens is 422 g/mol. The number of carbonyl (C=O) groups excluding carboxylic acids is 2. The van der Waals surface area contributed by atoms with E-state index in [1.54, 1.807) is 25.1 Å². The zero-order chi connectivity index (χ0) is 23.4. The van der Waals surface area contributed by atoms with Crippen LogP contribution in [-0.4, -0.2) is 46.8 Å². The van der Waals surface area contributed by atoms with Crippen LogP contribution in [0.2, 0.25) is 0 Å². The summed E-state index contributed by atoms with van der Waals surface area (Å²) in [5.41, 5.74) is 1.53. The number of carbonyl (C=O) groups is 2. The van der Waals surface area contributed by atoms with Gasteiger partial charge in [0.1, 0.15) is 11.3 Å². The third kappa shape index (κ3) is 4.74. The summed E-state index contributed by atoms with van der Waals surface area (Å²) in [7, 11) is 1.68. The highest BCUT2D eigenvalue weighted by Crippen LogP contribution is 2.27. The van der Waals surface area contributed by atoms with E-state index in [1.807, 2.05) is 67.6 Å². The summed E-state index contributed by atoms with van der Waals surface area (Å²) in [5.74, 6) is -0.0320. The van der Waals surface area contributed by atoms with Gasteiger partial charge in [-0.15, -0.1) is 0 Å². The van der Waals surface area contributed by atoms with Crippen LogP contribution in [0.4, 0.5) is 0 Å². The van der Waals surface area contributed by atoms with Crippen LogP contribution in [-0.2, 0) is 9.53 Å². The molecule has 0 saturated carbocycles. The van der Waals surface area contributed by atoms with Gasteiger partial charge >= 0.3 is 5.97 Å². The van der Waals surface area contributed by atoms with E-state index in [0.717, 1.165) is 16.7 Å². The number of furan rings is 1. The number of nitrogens with zero attached hydrogens (tertiary/aromatic N) is 3. The van der Waals surface area contributed by atoms with Crippen LogP contribution in [0.1, 0.15) is 36.1 Å². The van der Waals surface area contributed by atoms with Crippen molar-refractivity contribution in [1.82, 2.24) is 14.7 Å². The van der Waals surface area contributed by atoms with Crippen molar-refractivity contribution >= 4 is 22.8 Å². The highest BCUT2D eigenvalue weighted by Gasteiger charge is 2.24. The van der Waals surface area contributed by atoms with Crippen molar-refractivity contribution in [2.45, 2.75) is 19.9 Å². The van der Waals surface area contributed by atoms with Gasteiger partial charge in [-0.05, 0) is 38.1 Å². The van der Waals surface area contributed by atoms with Crippen LogP contribution in [0.25, 0.3) is 16.7 Å². The Morgan fingerprint density at radius 1 is 1.12 bits per heavy atom. The van der Waals surface area contributed by atoms with Gasteiger partial charge in [-0.2, -0.15) is 5.10 Å². The molecule has 2 aromatic carbocycles. The minimum atomic E-state index is -0.612. The molecule has 8 nitrogen and oxygen atoms in total. The maximum Gasteiger partial charge on any atom is 0.362 e. The molecule has 4 rings (SSSR count). The van der Waals surface area contributed by atoms with E-state index in [1.165, 1.54) is 4.68 Å². The number of rotatable bonds is 8. The quantitative estimate of drug-likeness (QED) is 0.372. The number of para-hydroxylation sites is 2. The Labute approximate surface area is 191 Å². The molecule has 0 aliphatic rings. The molecule has 2 aromatic heterocycles. The second-order valence-electron chi connectivity index (χ2n) is 7.50. The monoisotopic (exact) mass is 447 g/mol. The topological polar surface area (TPSA) is 86.8 Å². The molecule has 0 fully saturated rings. The lowest BCUT2D eigenvalue weighted by Crippen LogP contribution is -2.33. The van der Waals surface area contributed by atoms with E-state index in [9.17, 15) is 9.59 Å². The van der Waals surface area contributed by atoms with Gasteiger partial charge in [-0.3, -0.25) is 4.79 Å². The maximum absolute atomic E-state index is 12.8. The van der Waals surface area contributed by atoms with Crippen LogP contribution in [0.15, 0.2) is 71.3 Å². The van der Waals surface area contributed by atoms with Crippen LogP contribution in [0.3, 0.4) is 0 Å². The zero-order valence-corrected chi connectivity index (χ0v) is 18.7. The highest BCUT2D eigenvalue weighted by atomic mass is 16.5. The molecule has 0 aliphatic heterocycles. The molecule has 1 atom stereocenters. The summed E-state index contributed by atoms with van der Waals surface area (Å²) in [6.45, 7) is 3.53. The summed E-state index contributed by atoms with van der Waals surface area (Å²) in [6, 6.07) is 18.6. The molecule has 2 heterocycles. The third-order valence-electron chi connectivity index (χ3n) is 5.35. The first-order valence-electron chi connectivity index (χ1n) is 10.7. The summed E-state index contributed by atoms with van der Waals surface area (Å²) in [6.07, 6.45) is 1.57. The van der Waals surface area contributed by atoms with E-state index < -0.39 is 5.97 Å². The first-order chi connectivity index (χ1) is 16.0. The number of fused-ring (bicyclic) bond motifs is 1. The molecule has 0 aliphatic carbocycles. The Bertz CT molecular complexity index is 1230. The smallest absolute Gasteiger partial charge is 0.362 e. The largest absolute Gasteiger partial charge is 0.480 e. The van der Waals surface area contributed by atoms with Crippen molar-refractivity contribution in [2.75, 3.05) is 20.3 Å². The zero-order valence-electron chi connectivity index (χ0n) is 18.7. The van der Waals surface area contributed by atoms with Gasteiger partial charge in [-0.25, -0.2) is 9.48 Å².